The van der Waals surface area contributed by atoms with Crippen LogP contribution in [0.4, 0.5) is 18.9 Å². The molecule has 0 aliphatic heterocycles. The molecule has 100 valence electrons. The van der Waals surface area contributed by atoms with Crippen molar-refractivity contribution in [3.05, 3.63) is 47.1 Å². The third-order valence-electron chi connectivity index (χ3n) is 2.23. The molecule has 8 heteroatoms. The highest BCUT2D eigenvalue weighted by Crippen LogP contribution is 2.18. The lowest BCUT2D eigenvalue weighted by Gasteiger charge is -2.04. The second-order valence-corrected chi connectivity index (χ2v) is 3.59. The molecule has 0 bridgehead atoms. The Morgan fingerprint density at radius 1 is 1.26 bits per heavy atom. The standard InChI is InChI=1S/C11H7F3N2O3/c12-7-1-5(2-8(13)10(7)14)15-4-6-3-9(11(17)18)16-19-6/h1-3,15H,4H2,(H,17,18). The molecular weight excluding hydrogens is 265 g/mol. The van der Waals surface area contributed by atoms with Gasteiger partial charge in [-0.15, -0.1) is 0 Å². The van der Waals surface area contributed by atoms with Gasteiger partial charge in [0, 0.05) is 23.9 Å². The van der Waals surface area contributed by atoms with E-state index in [0.29, 0.717) is 0 Å². The molecule has 2 rings (SSSR count). The molecule has 0 atom stereocenters. The fourth-order valence-corrected chi connectivity index (χ4v) is 1.34. The van der Waals surface area contributed by atoms with Crippen LogP contribution in [-0.2, 0) is 6.54 Å². The third-order valence-corrected chi connectivity index (χ3v) is 2.23. The summed E-state index contributed by atoms with van der Waals surface area (Å²) in [6, 6.07) is 2.70. The lowest BCUT2D eigenvalue weighted by molar-refractivity contribution is 0.0685. The number of aromatic nitrogens is 1. The van der Waals surface area contributed by atoms with E-state index in [9.17, 15) is 18.0 Å². The third kappa shape index (κ3) is 2.84. The Hall–Kier alpha value is -2.51. The topological polar surface area (TPSA) is 75.4 Å². The van der Waals surface area contributed by atoms with Crippen molar-refractivity contribution >= 4 is 11.7 Å². The van der Waals surface area contributed by atoms with E-state index in [4.69, 9.17) is 5.11 Å². The minimum absolute atomic E-state index is 0.00956. The molecule has 0 unspecified atom stereocenters. The zero-order valence-electron chi connectivity index (χ0n) is 9.28. The van der Waals surface area contributed by atoms with Gasteiger partial charge in [0.15, 0.2) is 28.9 Å². The fourth-order valence-electron chi connectivity index (χ4n) is 1.34. The number of rotatable bonds is 4. The van der Waals surface area contributed by atoms with Crippen LogP contribution in [0.3, 0.4) is 0 Å². The lowest BCUT2D eigenvalue weighted by Crippen LogP contribution is -2.01. The van der Waals surface area contributed by atoms with Gasteiger partial charge in [-0.2, -0.15) is 0 Å². The molecule has 0 radical (unpaired) electrons. The summed E-state index contributed by atoms with van der Waals surface area (Å²) in [7, 11) is 0. The number of carboxylic acids is 1. The van der Waals surface area contributed by atoms with Gasteiger partial charge >= 0.3 is 5.97 Å². The summed E-state index contributed by atoms with van der Waals surface area (Å²) >= 11 is 0. The Bertz CT molecular complexity index is 604. The first kappa shape index (κ1) is 12.9. The number of carbonyl (C=O) groups is 1. The molecule has 0 fully saturated rings. The second kappa shape index (κ2) is 5.01. The first-order valence-electron chi connectivity index (χ1n) is 5.04. The van der Waals surface area contributed by atoms with E-state index >= 15 is 0 Å². The summed E-state index contributed by atoms with van der Waals surface area (Å²) in [4.78, 5) is 10.5. The van der Waals surface area contributed by atoms with Crippen molar-refractivity contribution in [3.8, 4) is 0 Å². The highest BCUT2D eigenvalue weighted by Gasteiger charge is 2.12. The van der Waals surface area contributed by atoms with Crippen LogP contribution in [0.2, 0.25) is 0 Å². The van der Waals surface area contributed by atoms with Crippen molar-refractivity contribution in [2.45, 2.75) is 6.54 Å². The molecule has 0 saturated heterocycles. The van der Waals surface area contributed by atoms with E-state index in [1.54, 1.807) is 0 Å². The van der Waals surface area contributed by atoms with Crippen LogP contribution in [0, 0.1) is 17.5 Å². The van der Waals surface area contributed by atoms with E-state index in [2.05, 4.69) is 15.0 Å². The quantitative estimate of drug-likeness (QED) is 0.836. The summed E-state index contributed by atoms with van der Waals surface area (Å²) in [5.74, 6) is -5.31. The Balaban J connectivity index is 2.08. The molecule has 0 aliphatic carbocycles. The maximum atomic E-state index is 12.9. The monoisotopic (exact) mass is 272 g/mol. The summed E-state index contributed by atoms with van der Waals surface area (Å²) in [5.41, 5.74) is -0.294. The number of nitrogens with zero attached hydrogens (tertiary/aromatic N) is 1. The van der Waals surface area contributed by atoms with Crippen LogP contribution >= 0.6 is 0 Å². The van der Waals surface area contributed by atoms with Gasteiger partial charge in [0.25, 0.3) is 0 Å². The van der Waals surface area contributed by atoms with Gasteiger partial charge in [0.05, 0.1) is 6.54 Å². The number of aromatic carboxylic acids is 1. The number of benzene rings is 1. The Labute approximate surface area is 104 Å². The van der Waals surface area contributed by atoms with E-state index in [1.165, 1.54) is 0 Å². The van der Waals surface area contributed by atoms with Gasteiger partial charge in [-0.25, -0.2) is 18.0 Å². The van der Waals surface area contributed by atoms with Crippen molar-refractivity contribution in [1.29, 1.82) is 0 Å². The zero-order valence-corrected chi connectivity index (χ0v) is 9.28. The number of hydrogen-bond acceptors (Lipinski definition) is 4. The van der Waals surface area contributed by atoms with Crippen LogP contribution in [0.5, 0.6) is 0 Å². The van der Waals surface area contributed by atoms with Crippen LogP contribution in [0.1, 0.15) is 16.2 Å². The zero-order chi connectivity index (χ0) is 14.0. The van der Waals surface area contributed by atoms with Gasteiger partial charge in [0.2, 0.25) is 0 Å². The highest BCUT2D eigenvalue weighted by atomic mass is 19.2. The smallest absolute Gasteiger partial charge is 0.358 e. The second-order valence-electron chi connectivity index (χ2n) is 3.59. The number of carboxylic acid groups (broad SMARTS) is 1. The van der Waals surface area contributed by atoms with Crippen LogP contribution in [0.15, 0.2) is 22.7 Å². The summed E-state index contributed by atoms with van der Waals surface area (Å²) in [6.45, 7) is -0.0508. The molecule has 0 amide bonds. The summed E-state index contributed by atoms with van der Waals surface area (Å²) in [6.07, 6.45) is 0. The molecule has 0 spiro atoms. The average Bonchev–Trinajstić information content (AvgIpc) is 2.82. The largest absolute Gasteiger partial charge is 0.476 e. The summed E-state index contributed by atoms with van der Waals surface area (Å²) in [5, 5.41) is 14.4. The molecule has 2 aromatic rings. The normalized spacial score (nSPS) is 10.5. The van der Waals surface area contributed by atoms with Crippen molar-refractivity contribution in [1.82, 2.24) is 5.16 Å². The van der Waals surface area contributed by atoms with Crippen molar-refractivity contribution in [2.75, 3.05) is 5.32 Å². The minimum atomic E-state index is -1.56. The van der Waals surface area contributed by atoms with Gasteiger partial charge in [-0.3, -0.25) is 0 Å². The minimum Gasteiger partial charge on any atom is -0.476 e. The average molecular weight is 272 g/mol. The van der Waals surface area contributed by atoms with Crippen molar-refractivity contribution in [3.63, 3.8) is 0 Å². The van der Waals surface area contributed by atoms with E-state index in [0.717, 1.165) is 18.2 Å². The number of anilines is 1. The van der Waals surface area contributed by atoms with Gasteiger partial charge < -0.3 is 14.9 Å². The molecule has 0 saturated carbocycles. The maximum Gasteiger partial charge on any atom is 0.358 e. The van der Waals surface area contributed by atoms with Crippen LogP contribution < -0.4 is 5.32 Å². The first-order valence-corrected chi connectivity index (χ1v) is 5.04. The first-order chi connectivity index (χ1) is 8.97. The molecular formula is C11H7F3N2O3. The Kier molecular flexibility index (Phi) is 3.41. The number of hydrogen-bond donors (Lipinski definition) is 2. The molecule has 2 N–H and O–H groups in total. The molecule has 1 aromatic carbocycles. The van der Waals surface area contributed by atoms with Crippen molar-refractivity contribution in [2.24, 2.45) is 0 Å². The predicted molar refractivity (Wildman–Crippen MR) is 57.1 cm³/mol. The van der Waals surface area contributed by atoms with Gasteiger partial charge in [0.1, 0.15) is 0 Å². The lowest BCUT2D eigenvalue weighted by atomic mass is 10.2. The Morgan fingerprint density at radius 2 is 1.89 bits per heavy atom. The van der Waals surface area contributed by atoms with Crippen LogP contribution in [-0.4, -0.2) is 16.2 Å². The molecule has 0 aliphatic rings. The predicted octanol–water partition coefficient (Wildman–Crippen LogP) is 2.40. The fraction of sp³-hybridized carbons (Fsp3) is 0.0909. The van der Waals surface area contributed by atoms with Crippen LogP contribution in [0.25, 0.3) is 0 Å². The Morgan fingerprint density at radius 3 is 2.42 bits per heavy atom. The van der Waals surface area contributed by atoms with E-state index in [1.807, 2.05) is 0 Å². The SMILES string of the molecule is O=C(O)c1cc(CNc2cc(F)c(F)c(F)c2)on1. The van der Waals surface area contributed by atoms with E-state index < -0.39 is 23.4 Å². The maximum absolute atomic E-state index is 12.9. The highest BCUT2D eigenvalue weighted by molar-refractivity contribution is 5.85. The molecule has 1 aromatic heterocycles. The van der Waals surface area contributed by atoms with Gasteiger partial charge in [-0.05, 0) is 0 Å². The molecule has 5 nitrogen and oxygen atoms in total. The number of nitrogens with one attached hydrogen (secondary N) is 1. The van der Waals surface area contributed by atoms with Crippen molar-refractivity contribution < 1.29 is 27.6 Å². The molecule has 1 heterocycles. The number of halogens is 3. The molecule has 19 heavy (non-hydrogen) atoms. The van der Waals surface area contributed by atoms with Gasteiger partial charge in [-0.1, -0.05) is 5.16 Å². The van der Waals surface area contributed by atoms with E-state index in [-0.39, 0.29) is 23.7 Å². The summed E-state index contributed by atoms with van der Waals surface area (Å²) < 4.78 is 43.2.